The highest BCUT2D eigenvalue weighted by Gasteiger charge is 2.42. The van der Waals surface area contributed by atoms with Crippen LogP contribution in [0.3, 0.4) is 0 Å². The molecule has 1 rings (SSSR count). The van der Waals surface area contributed by atoms with Gasteiger partial charge in [-0.25, -0.2) is 4.79 Å². The largest absolute Gasteiger partial charge is 0.481 e. The van der Waals surface area contributed by atoms with E-state index >= 15 is 0 Å². The van der Waals surface area contributed by atoms with Gasteiger partial charge in [-0.1, -0.05) is 13.5 Å². The average Bonchev–Trinajstić information content (AvgIpc) is 2.56. The maximum atomic E-state index is 12.3. The molecule has 25 heavy (non-hydrogen) atoms. The number of hydrogen-bond acceptors (Lipinski definition) is 6. The number of carbonyl (C=O) groups excluding carboxylic acids is 2. The van der Waals surface area contributed by atoms with Crippen LogP contribution in [-0.4, -0.2) is 46.8 Å². The first kappa shape index (κ1) is 20.7. The van der Waals surface area contributed by atoms with Gasteiger partial charge in [0.25, 0.3) is 0 Å². The van der Waals surface area contributed by atoms with Gasteiger partial charge in [-0.2, -0.15) is 0 Å². The molecule has 8 nitrogen and oxygen atoms in total. The van der Waals surface area contributed by atoms with E-state index in [0.29, 0.717) is 6.42 Å². The van der Waals surface area contributed by atoms with Crippen LogP contribution >= 0.6 is 0 Å². The van der Waals surface area contributed by atoms with Crippen molar-refractivity contribution in [3.05, 3.63) is 12.2 Å². The molecule has 8 heteroatoms. The summed E-state index contributed by atoms with van der Waals surface area (Å²) in [4.78, 5) is 46.2. The van der Waals surface area contributed by atoms with Crippen LogP contribution in [0.2, 0.25) is 0 Å². The molecule has 1 fully saturated rings. The Morgan fingerprint density at radius 1 is 1.12 bits per heavy atom. The minimum absolute atomic E-state index is 0.105. The quantitative estimate of drug-likeness (QED) is 0.496. The zero-order chi connectivity index (χ0) is 19.1. The summed E-state index contributed by atoms with van der Waals surface area (Å²) in [7, 11) is 0. The minimum atomic E-state index is -1.21. The van der Waals surface area contributed by atoms with E-state index in [4.69, 9.17) is 14.6 Å². The summed E-state index contributed by atoms with van der Waals surface area (Å²) in [5.41, 5.74) is 0.221. The zero-order valence-corrected chi connectivity index (χ0v) is 14.4. The molecule has 0 amide bonds. The molecule has 0 aliphatic heterocycles. The van der Waals surface area contributed by atoms with Crippen LogP contribution in [0.1, 0.15) is 39.5 Å². The van der Waals surface area contributed by atoms with Crippen LogP contribution in [-0.2, 0) is 28.7 Å². The second-order valence-electron chi connectivity index (χ2n) is 6.25. The number of hydrogen-bond donors (Lipinski definition) is 2. The molecule has 0 heterocycles. The predicted octanol–water partition coefficient (Wildman–Crippen LogP) is 1.63. The van der Waals surface area contributed by atoms with E-state index in [-0.39, 0.29) is 31.4 Å². The molecule has 0 spiro atoms. The molecule has 0 aromatic heterocycles. The number of carboxylic acid groups (broad SMARTS) is 2. The first-order valence-electron chi connectivity index (χ1n) is 8.16. The Bertz CT molecular complexity index is 553. The third-order valence-corrected chi connectivity index (χ3v) is 4.31. The summed E-state index contributed by atoms with van der Waals surface area (Å²) in [6, 6.07) is 0. The standard InChI is InChI=1S/C17H24O8/c1-4-11(8-24-16(22)9(2)3)25-17(23)12-6-5-10(14(18)19)7-13(12)15(20)21/h10-13H,2,4-8H2,1,3H3,(H,18,19)(H,20,21). The third-order valence-electron chi connectivity index (χ3n) is 4.31. The van der Waals surface area contributed by atoms with Gasteiger partial charge < -0.3 is 19.7 Å². The third kappa shape index (κ3) is 5.88. The fraction of sp³-hybridized carbons (Fsp3) is 0.647. The van der Waals surface area contributed by atoms with Crippen LogP contribution in [0, 0.1) is 17.8 Å². The lowest BCUT2D eigenvalue weighted by atomic mass is 9.74. The molecule has 0 aromatic rings. The maximum Gasteiger partial charge on any atom is 0.333 e. The number of rotatable bonds is 8. The van der Waals surface area contributed by atoms with E-state index in [0.717, 1.165) is 0 Å². The molecular formula is C17H24O8. The fourth-order valence-electron chi connectivity index (χ4n) is 2.73. The number of carboxylic acids is 2. The Labute approximate surface area is 145 Å². The molecule has 0 bridgehead atoms. The topological polar surface area (TPSA) is 127 Å². The lowest BCUT2D eigenvalue weighted by Crippen LogP contribution is -2.40. The summed E-state index contributed by atoms with van der Waals surface area (Å²) in [5.74, 6) is -6.35. The van der Waals surface area contributed by atoms with Gasteiger partial charge in [-0.05, 0) is 32.6 Å². The molecule has 2 N–H and O–H groups in total. The van der Waals surface area contributed by atoms with Gasteiger partial charge in [-0.3, -0.25) is 14.4 Å². The summed E-state index contributed by atoms with van der Waals surface area (Å²) >= 11 is 0. The summed E-state index contributed by atoms with van der Waals surface area (Å²) < 4.78 is 10.2. The Kier molecular flexibility index (Phi) is 7.60. The maximum absolute atomic E-state index is 12.3. The second kappa shape index (κ2) is 9.19. The lowest BCUT2D eigenvalue weighted by molar-refractivity contribution is -0.169. The van der Waals surface area contributed by atoms with Crippen molar-refractivity contribution in [1.82, 2.24) is 0 Å². The van der Waals surface area contributed by atoms with E-state index in [1.165, 1.54) is 6.92 Å². The Morgan fingerprint density at radius 2 is 1.76 bits per heavy atom. The van der Waals surface area contributed by atoms with Crippen LogP contribution in [0.4, 0.5) is 0 Å². The van der Waals surface area contributed by atoms with Gasteiger partial charge in [0.2, 0.25) is 0 Å². The van der Waals surface area contributed by atoms with Crippen molar-refractivity contribution >= 4 is 23.9 Å². The van der Waals surface area contributed by atoms with Gasteiger partial charge >= 0.3 is 23.9 Å². The van der Waals surface area contributed by atoms with Crippen LogP contribution < -0.4 is 0 Å². The number of ether oxygens (including phenoxy) is 2. The molecule has 4 atom stereocenters. The Hall–Kier alpha value is -2.38. The van der Waals surface area contributed by atoms with Crippen molar-refractivity contribution in [3.8, 4) is 0 Å². The highest BCUT2D eigenvalue weighted by Crippen LogP contribution is 2.35. The normalized spacial score (nSPS) is 24.0. The molecule has 1 saturated carbocycles. The van der Waals surface area contributed by atoms with Crippen molar-refractivity contribution < 1.29 is 38.9 Å². The van der Waals surface area contributed by atoms with Gasteiger partial charge in [-0.15, -0.1) is 0 Å². The van der Waals surface area contributed by atoms with Gasteiger partial charge in [0, 0.05) is 5.57 Å². The van der Waals surface area contributed by atoms with Crippen molar-refractivity contribution in [2.75, 3.05) is 6.61 Å². The van der Waals surface area contributed by atoms with Crippen LogP contribution in [0.5, 0.6) is 0 Å². The molecule has 0 radical (unpaired) electrons. The van der Waals surface area contributed by atoms with E-state index < -0.39 is 47.7 Å². The molecule has 0 aromatic carbocycles. The first-order chi connectivity index (χ1) is 11.7. The fourth-order valence-corrected chi connectivity index (χ4v) is 2.73. The van der Waals surface area contributed by atoms with E-state index in [2.05, 4.69) is 6.58 Å². The smallest absolute Gasteiger partial charge is 0.333 e. The molecule has 4 unspecified atom stereocenters. The number of carbonyl (C=O) groups is 4. The van der Waals surface area contributed by atoms with E-state index in [1.54, 1.807) is 6.92 Å². The predicted molar refractivity (Wildman–Crippen MR) is 85.5 cm³/mol. The van der Waals surface area contributed by atoms with Gasteiger partial charge in [0.1, 0.15) is 12.7 Å². The number of aliphatic carboxylic acids is 2. The van der Waals surface area contributed by atoms with Gasteiger partial charge in [0.15, 0.2) is 0 Å². The van der Waals surface area contributed by atoms with Gasteiger partial charge in [0.05, 0.1) is 17.8 Å². The molecule has 1 aliphatic rings. The van der Waals surface area contributed by atoms with E-state index in [9.17, 15) is 24.3 Å². The van der Waals surface area contributed by atoms with Crippen LogP contribution in [0.25, 0.3) is 0 Å². The lowest BCUT2D eigenvalue weighted by Gasteiger charge is -2.31. The summed E-state index contributed by atoms with van der Waals surface area (Å²) in [5, 5.41) is 18.4. The molecule has 1 aliphatic carbocycles. The highest BCUT2D eigenvalue weighted by atomic mass is 16.6. The number of esters is 2. The second-order valence-corrected chi connectivity index (χ2v) is 6.25. The van der Waals surface area contributed by atoms with Crippen molar-refractivity contribution in [2.24, 2.45) is 17.8 Å². The van der Waals surface area contributed by atoms with Crippen molar-refractivity contribution in [3.63, 3.8) is 0 Å². The molecule has 140 valence electrons. The zero-order valence-electron chi connectivity index (χ0n) is 14.4. The van der Waals surface area contributed by atoms with E-state index in [1.807, 2.05) is 0 Å². The molecule has 0 saturated heterocycles. The average molecular weight is 356 g/mol. The van der Waals surface area contributed by atoms with Crippen LogP contribution in [0.15, 0.2) is 12.2 Å². The minimum Gasteiger partial charge on any atom is -0.481 e. The first-order valence-corrected chi connectivity index (χ1v) is 8.16. The molecular weight excluding hydrogens is 332 g/mol. The van der Waals surface area contributed by atoms with Crippen molar-refractivity contribution in [1.29, 1.82) is 0 Å². The SMILES string of the molecule is C=C(C)C(=O)OCC(CC)OC(=O)C1CCC(C(=O)O)CC1C(=O)O. The highest BCUT2D eigenvalue weighted by molar-refractivity contribution is 5.87. The Balaban J connectivity index is 2.69. The Morgan fingerprint density at radius 3 is 2.24 bits per heavy atom. The monoisotopic (exact) mass is 356 g/mol. The van der Waals surface area contributed by atoms with Crippen molar-refractivity contribution in [2.45, 2.75) is 45.6 Å². The summed E-state index contributed by atoms with van der Waals surface area (Å²) in [6.07, 6.45) is -0.0549. The summed E-state index contributed by atoms with van der Waals surface area (Å²) in [6.45, 7) is 6.54.